The van der Waals surface area contributed by atoms with Gasteiger partial charge in [0.25, 0.3) is 10.2 Å². The summed E-state index contributed by atoms with van der Waals surface area (Å²) in [4.78, 5) is 0. The van der Waals surface area contributed by atoms with Crippen molar-refractivity contribution >= 4 is 39.1 Å². The van der Waals surface area contributed by atoms with Gasteiger partial charge in [-0.3, -0.25) is 0 Å². The van der Waals surface area contributed by atoms with Crippen LogP contribution in [0.15, 0.2) is 0 Å². The molecule has 0 aromatic carbocycles. The Bertz CT molecular complexity index is 399. The zero-order valence-electron chi connectivity index (χ0n) is 7.03. The second kappa shape index (κ2) is 5.03. The second-order valence-corrected chi connectivity index (χ2v) is 6.14. The zero-order valence-corrected chi connectivity index (χ0v) is 8.66. The summed E-state index contributed by atoms with van der Waals surface area (Å²) in [5.41, 5.74) is -5.66. The molecule has 0 atom stereocenters. The molecule has 0 spiro atoms. The first-order valence-corrected chi connectivity index (χ1v) is 5.85. The third-order valence-electron chi connectivity index (χ3n) is 1.00. The van der Waals surface area contributed by atoms with Crippen LogP contribution >= 0.6 is 0 Å². The van der Waals surface area contributed by atoms with E-state index in [-0.39, 0.29) is 18.9 Å². The maximum absolute atomic E-state index is 11.7. The van der Waals surface area contributed by atoms with Crippen LogP contribution in [0.5, 0.6) is 0 Å². The molecule has 0 fully saturated rings. The molecule has 0 aliphatic rings. The number of rotatable bonds is 3. The number of nitrogens with zero attached hydrogens (tertiary/aromatic N) is 1. The van der Waals surface area contributed by atoms with E-state index < -0.39 is 25.7 Å². The Morgan fingerprint density at radius 1 is 1.07 bits per heavy atom. The van der Waals surface area contributed by atoms with Crippen LogP contribution in [0.2, 0.25) is 0 Å². The Labute approximate surface area is 97.2 Å². The fourth-order valence-corrected chi connectivity index (χ4v) is 2.34. The molecule has 0 radical (unpaired) electrons. The van der Waals surface area contributed by atoms with E-state index in [9.17, 15) is 30.0 Å². The Kier molecular flexibility index (Phi) is 5.90. The molecule has 12 heteroatoms. The van der Waals surface area contributed by atoms with E-state index in [1.807, 2.05) is 0 Å². The van der Waals surface area contributed by atoms with E-state index in [0.29, 0.717) is 8.43 Å². The van der Waals surface area contributed by atoms with E-state index in [1.54, 1.807) is 0 Å². The van der Waals surface area contributed by atoms with Gasteiger partial charge in [0.1, 0.15) is 0 Å². The molecule has 1 N–H and O–H groups in total. The van der Waals surface area contributed by atoms with E-state index in [4.69, 9.17) is 0 Å². The minimum atomic E-state index is -5.88. The Hall–Kier alpha value is 0.207. The third kappa shape index (κ3) is 4.71. The molecule has 88 valence electrons. The van der Waals surface area contributed by atoms with Crippen LogP contribution in [0, 0.1) is 0 Å². The SMILES string of the molecule is CN(C)S(=O)(=O)NS(=O)(=O)C(F)(F)F.[LiH]. The van der Waals surface area contributed by atoms with Gasteiger partial charge in [-0.2, -0.15) is 25.9 Å². The van der Waals surface area contributed by atoms with E-state index in [1.165, 1.54) is 0 Å². The van der Waals surface area contributed by atoms with Crippen LogP contribution in [0.4, 0.5) is 13.2 Å². The molecule has 0 saturated heterocycles. The number of halogens is 3. The number of hydrogen-bond donors (Lipinski definition) is 1. The summed E-state index contributed by atoms with van der Waals surface area (Å²) in [6.07, 6.45) is 0. The molecule has 0 aliphatic heterocycles. The number of hydrogen-bond acceptors (Lipinski definition) is 4. The monoisotopic (exact) mass is 264 g/mol. The summed E-state index contributed by atoms with van der Waals surface area (Å²) < 4.78 is 78.0. The predicted octanol–water partition coefficient (Wildman–Crippen LogP) is -1.42. The van der Waals surface area contributed by atoms with Gasteiger partial charge in [0, 0.05) is 14.1 Å². The molecular weight excluding hydrogens is 256 g/mol. The third-order valence-corrected chi connectivity index (χ3v) is 4.29. The summed E-state index contributed by atoms with van der Waals surface area (Å²) in [7, 11) is -8.78. The van der Waals surface area contributed by atoms with Crippen molar-refractivity contribution in [3.63, 3.8) is 0 Å². The van der Waals surface area contributed by atoms with Crippen LogP contribution in [0.25, 0.3) is 0 Å². The maximum atomic E-state index is 11.7. The fraction of sp³-hybridized carbons (Fsp3) is 1.00. The Morgan fingerprint density at radius 2 is 1.40 bits per heavy atom. The molecule has 0 unspecified atom stereocenters. The summed E-state index contributed by atoms with van der Waals surface area (Å²) in [6, 6.07) is 0. The van der Waals surface area contributed by atoms with Crippen molar-refractivity contribution in [2.24, 2.45) is 0 Å². The summed E-state index contributed by atoms with van der Waals surface area (Å²) in [6.45, 7) is 0. The van der Waals surface area contributed by atoms with Gasteiger partial charge >= 0.3 is 34.4 Å². The van der Waals surface area contributed by atoms with E-state index in [2.05, 4.69) is 0 Å². The molecule has 15 heavy (non-hydrogen) atoms. The van der Waals surface area contributed by atoms with E-state index in [0.717, 1.165) is 14.1 Å². The molecule has 0 amide bonds. The molecule has 0 aliphatic carbocycles. The minimum absolute atomic E-state index is 0. The molecule has 0 heterocycles. The standard InChI is InChI=1S/C3H7F3N2O4S2.Li.H/c1-8(2)14(11,12)7-13(9,10)3(4,5)6;;/h7H,1-2H3;;. The molecule has 6 nitrogen and oxygen atoms in total. The summed E-state index contributed by atoms with van der Waals surface area (Å²) in [5.74, 6) is 0. The molecule has 0 rings (SSSR count). The molecule has 0 aromatic rings. The van der Waals surface area contributed by atoms with Crippen LogP contribution in [0.1, 0.15) is 0 Å². The first-order valence-electron chi connectivity index (χ1n) is 2.92. The topological polar surface area (TPSA) is 83.6 Å². The van der Waals surface area contributed by atoms with Crippen LogP contribution in [0.3, 0.4) is 0 Å². The molecule has 0 bridgehead atoms. The van der Waals surface area contributed by atoms with Gasteiger partial charge < -0.3 is 0 Å². The average Bonchev–Trinajstić information content (AvgIpc) is 1.80. The van der Waals surface area contributed by atoms with Crippen LogP contribution in [-0.4, -0.2) is 59.6 Å². The van der Waals surface area contributed by atoms with Gasteiger partial charge in [-0.05, 0) is 0 Å². The average molecular weight is 264 g/mol. The Balaban J connectivity index is 0. The van der Waals surface area contributed by atoms with Gasteiger partial charge in [-0.15, -0.1) is 0 Å². The molecule has 0 saturated carbocycles. The molecular formula is C3H8F3LiN2O4S2. The summed E-state index contributed by atoms with van der Waals surface area (Å²) in [5, 5.41) is 0. The van der Waals surface area contributed by atoms with Gasteiger partial charge in [-0.25, -0.2) is 8.42 Å². The number of nitrogens with one attached hydrogen (secondary N) is 1. The summed E-state index contributed by atoms with van der Waals surface area (Å²) >= 11 is 0. The van der Waals surface area contributed by atoms with E-state index >= 15 is 0 Å². The number of sulfonamides is 1. The predicted molar refractivity (Wildman–Crippen MR) is 47.9 cm³/mol. The zero-order chi connectivity index (χ0) is 11.8. The van der Waals surface area contributed by atoms with Crippen molar-refractivity contribution in [2.75, 3.05) is 14.1 Å². The molecule has 0 aromatic heterocycles. The quantitative estimate of drug-likeness (QED) is 0.634. The number of alkyl halides is 3. The van der Waals surface area contributed by atoms with Crippen molar-refractivity contribution in [3.05, 3.63) is 0 Å². The normalized spacial score (nSPS) is 13.7. The van der Waals surface area contributed by atoms with Gasteiger partial charge in [0.05, 0.1) is 0 Å². The van der Waals surface area contributed by atoms with Crippen LogP contribution < -0.4 is 4.13 Å². The Morgan fingerprint density at radius 3 is 1.60 bits per heavy atom. The van der Waals surface area contributed by atoms with Gasteiger partial charge in [-0.1, -0.05) is 4.13 Å². The fourth-order valence-electron chi connectivity index (χ4n) is 0.260. The van der Waals surface area contributed by atoms with Gasteiger partial charge in [0.15, 0.2) is 0 Å². The van der Waals surface area contributed by atoms with Crippen molar-refractivity contribution < 1.29 is 30.0 Å². The first kappa shape index (κ1) is 17.6. The van der Waals surface area contributed by atoms with Crippen molar-refractivity contribution in [3.8, 4) is 0 Å². The van der Waals surface area contributed by atoms with Crippen molar-refractivity contribution in [1.82, 2.24) is 8.43 Å². The van der Waals surface area contributed by atoms with Crippen LogP contribution in [-0.2, 0) is 20.2 Å². The van der Waals surface area contributed by atoms with Crippen molar-refractivity contribution in [1.29, 1.82) is 0 Å². The second-order valence-electron chi connectivity index (χ2n) is 2.32. The first-order chi connectivity index (χ1) is 5.90. The van der Waals surface area contributed by atoms with Crippen molar-refractivity contribution in [2.45, 2.75) is 5.51 Å². The van der Waals surface area contributed by atoms with Gasteiger partial charge in [0.2, 0.25) is 0 Å².